The van der Waals surface area contributed by atoms with Crippen molar-refractivity contribution in [2.24, 2.45) is 31.8 Å². The van der Waals surface area contributed by atoms with Crippen molar-refractivity contribution in [2.45, 2.75) is 89.6 Å². The van der Waals surface area contributed by atoms with E-state index in [1.165, 1.54) is 17.2 Å². The number of benzene rings is 1. The molecule has 3 N–H and O–H groups in total. The number of hydrogen-bond donors (Lipinski definition) is 3. The molecule has 7 heterocycles. The number of aryl methyl sites for hydroxylation is 2. The van der Waals surface area contributed by atoms with Gasteiger partial charge in [0.25, 0.3) is 0 Å². The highest BCUT2D eigenvalue weighted by atomic mass is 19.1. The summed E-state index contributed by atoms with van der Waals surface area (Å²) < 4.78 is 24.4. The van der Waals surface area contributed by atoms with Gasteiger partial charge in [-0.05, 0) is 89.2 Å². The van der Waals surface area contributed by atoms with Crippen molar-refractivity contribution in [3.05, 3.63) is 42.1 Å². The summed E-state index contributed by atoms with van der Waals surface area (Å²) >= 11 is 0. The van der Waals surface area contributed by atoms with Gasteiger partial charge in [0, 0.05) is 141 Å². The lowest BCUT2D eigenvalue weighted by Gasteiger charge is -2.43. The van der Waals surface area contributed by atoms with Gasteiger partial charge >= 0.3 is 12.0 Å². The van der Waals surface area contributed by atoms with Gasteiger partial charge in [0.1, 0.15) is 17.2 Å². The van der Waals surface area contributed by atoms with Crippen LogP contribution in [0.15, 0.2) is 30.7 Å². The highest BCUT2D eigenvalue weighted by Crippen LogP contribution is 2.36. The van der Waals surface area contributed by atoms with Crippen LogP contribution < -0.4 is 25.8 Å². The Morgan fingerprint density at radius 3 is 2.14 bits per heavy atom. The average molecular weight is 1010 g/mol. The summed E-state index contributed by atoms with van der Waals surface area (Å²) in [7, 11) is 3.61. The molecule has 22 heteroatoms. The lowest BCUT2D eigenvalue weighted by Crippen LogP contribution is -2.54. The molecule has 0 atom stereocenters. The first-order valence-corrected chi connectivity index (χ1v) is 26.5. The van der Waals surface area contributed by atoms with Gasteiger partial charge in [-0.3, -0.25) is 43.8 Å². The van der Waals surface area contributed by atoms with Crippen LogP contribution in [0.1, 0.15) is 87.9 Å². The summed E-state index contributed by atoms with van der Waals surface area (Å²) in [5.41, 5.74) is 2.29. The Labute approximate surface area is 425 Å². The summed E-state index contributed by atoms with van der Waals surface area (Å²) in [6, 6.07) is 3.30. The lowest BCUT2D eigenvalue weighted by atomic mass is 9.80. The average Bonchev–Trinajstić information content (AvgIpc) is 3.96. The molecule has 5 amide bonds. The second kappa shape index (κ2) is 22.0. The first-order valence-electron chi connectivity index (χ1n) is 26.5. The lowest BCUT2D eigenvalue weighted by molar-refractivity contribution is -0.143. The fourth-order valence-electron chi connectivity index (χ4n) is 12.0. The molecule has 6 fully saturated rings. The van der Waals surface area contributed by atoms with Crippen molar-refractivity contribution in [3.8, 4) is 0 Å². The predicted molar refractivity (Wildman–Crippen MR) is 272 cm³/mol. The van der Waals surface area contributed by atoms with E-state index < -0.39 is 12.0 Å². The summed E-state index contributed by atoms with van der Waals surface area (Å²) in [6.07, 6.45) is 14.0. The molecule has 4 aliphatic heterocycles. The number of halogens is 1. The number of carbonyl (C=O) groups excluding carboxylic acids is 5. The number of imide groups is 1. The minimum atomic E-state index is -0.549. The van der Waals surface area contributed by atoms with Crippen molar-refractivity contribution in [1.29, 1.82) is 0 Å². The fraction of sp³-hybridized carbons (Fsp3) is 0.627. The molecule has 2 saturated carbocycles. The normalized spacial score (nSPS) is 23.9. The van der Waals surface area contributed by atoms with Gasteiger partial charge in [0.05, 0.1) is 29.7 Å². The molecule has 4 saturated heterocycles. The number of esters is 1. The van der Waals surface area contributed by atoms with E-state index in [9.17, 15) is 24.0 Å². The third-order valence-corrected chi connectivity index (χ3v) is 16.2. The first kappa shape index (κ1) is 50.1. The predicted octanol–water partition coefficient (Wildman–Crippen LogP) is 4.34. The highest BCUT2D eigenvalue weighted by Gasteiger charge is 2.38. The van der Waals surface area contributed by atoms with Crippen molar-refractivity contribution < 1.29 is 33.1 Å². The van der Waals surface area contributed by atoms with E-state index >= 15 is 4.39 Å². The molecule has 6 aliphatic rings. The van der Waals surface area contributed by atoms with Gasteiger partial charge < -0.3 is 30.1 Å². The number of nitrogens with one attached hydrogen (secondary N) is 3. The Morgan fingerprint density at radius 2 is 1.49 bits per heavy atom. The largest absolute Gasteiger partial charge is 0.462 e. The number of rotatable bonds is 13. The number of fused-ring (bicyclic) bond motifs is 1. The van der Waals surface area contributed by atoms with Crippen molar-refractivity contribution in [3.63, 3.8) is 0 Å². The molecule has 0 spiro atoms. The molecule has 392 valence electrons. The quantitative estimate of drug-likeness (QED) is 0.159. The van der Waals surface area contributed by atoms with E-state index in [2.05, 4.69) is 60.6 Å². The number of ether oxygens (including phenoxy) is 1. The Balaban J connectivity index is 0.621. The molecule has 10 rings (SSSR count). The Hall–Kier alpha value is -6.42. The molecule has 0 radical (unpaired) electrons. The Bertz CT molecular complexity index is 2660. The third-order valence-electron chi connectivity index (χ3n) is 16.2. The monoisotopic (exact) mass is 1010 g/mol. The topological polar surface area (TPSA) is 212 Å². The zero-order valence-electron chi connectivity index (χ0n) is 42.4. The van der Waals surface area contributed by atoms with E-state index in [1.807, 2.05) is 19.3 Å². The fourth-order valence-corrected chi connectivity index (χ4v) is 12.0. The molecule has 0 unspecified atom stereocenters. The van der Waals surface area contributed by atoms with Gasteiger partial charge in [-0.1, -0.05) is 0 Å². The van der Waals surface area contributed by atoms with Crippen LogP contribution in [0.5, 0.6) is 0 Å². The number of anilines is 5. The van der Waals surface area contributed by atoms with Crippen molar-refractivity contribution in [1.82, 2.24) is 54.4 Å². The van der Waals surface area contributed by atoms with Crippen LogP contribution in [0.2, 0.25) is 0 Å². The zero-order valence-corrected chi connectivity index (χ0v) is 42.4. The highest BCUT2D eigenvalue weighted by molar-refractivity contribution is 6.09. The number of nitrogens with zero attached hydrogens (tertiary/aromatic N) is 12. The standard InChI is InChI=1S/C51H70FN15O6/c1-4-73-49(71)40-30-53-50(56-37-29-54-60(2)32-37)58-45(40)55-36-9-11-38(12-10-36)63-23-25-66(26-24-63)48(70)35-7-5-34(6-8-35)47(69)65-16-13-33(14-17-65)31-62-19-21-64(22-20-62)43-28-42-39(27-41(43)52)46(59-61(42)3)67-18-15-44(68)57-51(67)72/h27-30,32-36,38H,4-26,31H2,1-3H3,(H,57,68,72)(H2,53,55,56,58). The number of hydrogen-bond acceptors (Lipinski definition) is 15. The Kier molecular flexibility index (Phi) is 15.1. The number of urea groups is 1. The van der Waals surface area contributed by atoms with Crippen molar-refractivity contribution >= 4 is 69.6 Å². The molecule has 1 aromatic carbocycles. The minimum absolute atomic E-state index is 0.0146. The summed E-state index contributed by atoms with van der Waals surface area (Å²) in [5.74, 6) is 0.975. The van der Waals surface area contributed by atoms with Crippen molar-refractivity contribution in [2.75, 3.05) is 106 Å². The summed E-state index contributed by atoms with van der Waals surface area (Å²) in [4.78, 5) is 86.3. The van der Waals surface area contributed by atoms with Gasteiger partial charge in [0.2, 0.25) is 23.7 Å². The molecule has 4 aromatic rings. The molecule has 0 bridgehead atoms. The molecule has 21 nitrogen and oxygen atoms in total. The molecule has 2 aliphatic carbocycles. The number of piperidine rings is 1. The maximum atomic E-state index is 15.7. The number of amides is 5. The maximum absolute atomic E-state index is 15.7. The van der Waals surface area contributed by atoms with Gasteiger partial charge in [-0.2, -0.15) is 15.2 Å². The number of aromatic nitrogens is 6. The smallest absolute Gasteiger partial charge is 0.343 e. The number of carbonyl (C=O) groups is 5. The van der Waals surface area contributed by atoms with Crippen LogP contribution in [-0.2, 0) is 33.2 Å². The van der Waals surface area contributed by atoms with Crippen LogP contribution in [0, 0.1) is 23.6 Å². The van der Waals surface area contributed by atoms with Crippen LogP contribution in [0.25, 0.3) is 10.9 Å². The van der Waals surface area contributed by atoms with E-state index in [0.717, 1.165) is 129 Å². The van der Waals surface area contributed by atoms with Crippen LogP contribution in [-0.4, -0.2) is 176 Å². The van der Waals surface area contributed by atoms with E-state index in [0.29, 0.717) is 64.8 Å². The maximum Gasteiger partial charge on any atom is 0.343 e. The van der Waals surface area contributed by atoms with Gasteiger partial charge in [-0.15, -0.1) is 0 Å². The number of likely N-dealkylation sites (tertiary alicyclic amines) is 1. The second-order valence-electron chi connectivity index (χ2n) is 20.8. The number of piperazine rings is 2. The molecular weight excluding hydrogens is 938 g/mol. The summed E-state index contributed by atoms with van der Waals surface area (Å²) in [6.45, 7) is 10.9. The van der Waals surface area contributed by atoms with Crippen LogP contribution in [0.4, 0.5) is 38.1 Å². The third kappa shape index (κ3) is 11.2. The molecular formula is C51H70FN15O6. The zero-order chi connectivity index (χ0) is 50.8. The molecule has 73 heavy (non-hydrogen) atoms. The first-order chi connectivity index (χ1) is 35.4. The van der Waals surface area contributed by atoms with E-state index in [1.54, 1.807) is 29.5 Å². The summed E-state index contributed by atoms with van der Waals surface area (Å²) in [5, 5.41) is 18.3. The van der Waals surface area contributed by atoms with Crippen LogP contribution >= 0.6 is 0 Å². The van der Waals surface area contributed by atoms with Crippen LogP contribution in [0.3, 0.4) is 0 Å². The molecule has 3 aromatic heterocycles. The SMILES string of the molecule is CCOC(=O)c1cnc(Nc2cnn(C)c2)nc1NC1CCC(N2CCN(C(=O)C3CCC(C(=O)N4CCC(CN5CCN(c6cc7c(cc6F)c(N6CCC(=O)NC6=O)nn7C)CC5)CC4)CC3)CC2)CC1. The van der Waals surface area contributed by atoms with Gasteiger partial charge in [0.15, 0.2) is 5.82 Å². The van der Waals surface area contributed by atoms with E-state index in [4.69, 9.17) is 4.74 Å². The van der Waals surface area contributed by atoms with E-state index in [-0.39, 0.29) is 61.0 Å². The Morgan fingerprint density at radius 1 is 0.808 bits per heavy atom. The second-order valence-corrected chi connectivity index (χ2v) is 20.8. The van der Waals surface area contributed by atoms with Gasteiger partial charge in [-0.25, -0.2) is 19.0 Å². The minimum Gasteiger partial charge on any atom is -0.462 e.